The van der Waals surface area contributed by atoms with Crippen molar-refractivity contribution in [3.8, 4) is 0 Å². The summed E-state index contributed by atoms with van der Waals surface area (Å²) in [6.45, 7) is 0. The van der Waals surface area contributed by atoms with Crippen LogP contribution in [0.25, 0.3) is 0 Å². The van der Waals surface area contributed by atoms with Gasteiger partial charge in [-0.2, -0.15) is 0 Å². The lowest BCUT2D eigenvalue weighted by atomic mass is 9.87. The van der Waals surface area contributed by atoms with Crippen LogP contribution in [0, 0.1) is 5.92 Å². The number of hydrogen-bond donors (Lipinski definition) is 1. The van der Waals surface area contributed by atoms with Crippen LogP contribution >= 0.6 is 0 Å². The van der Waals surface area contributed by atoms with Gasteiger partial charge in [0.1, 0.15) is 0 Å². The number of sulfonamides is 1. The Labute approximate surface area is 78.8 Å². The van der Waals surface area contributed by atoms with E-state index < -0.39 is 10.0 Å². The van der Waals surface area contributed by atoms with Crippen LogP contribution in [0.4, 0.5) is 0 Å². The molecule has 0 aromatic carbocycles. The molecule has 1 aliphatic carbocycles. The fraction of sp³-hybridized carbons (Fsp3) is 0.875. The van der Waals surface area contributed by atoms with E-state index in [1.165, 1.54) is 0 Å². The highest BCUT2D eigenvalue weighted by molar-refractivity contribution is 7.88. The standard InChI is InChI=1S/C8H14NO3S/c1-13(11,12)9-8-4-2-7(6-10)3-5-8/h7-9H,2-5H2,1H3. The molecular weight excluding hydrogens is 190 g/mol. The van der Waals surface area contributed by atoms with E-state index in [9.17, 15) is 13.2 Å². The third-order valence-electron chi connectivity index (χ3n) is 2.27. The Kier molecular flexibility index (Phi) is 3.44. The van der Waals surface area contributed by atoms with Gasteiger partial charge in [0.15, 0.2) is 0 Å². The van der Waals surface area contributed by atoms with Crippen molar-refractivity contribution in [1.29, 1.82) is 0 Å². The van der Waals surface area contributed by atoms with Gasteiger partial charge in [0, 0.05) is 12.0 Å². The molecule has 0 unspecified atom stereocenters. The van der Waals surface area contributed by atoms with Gasteiger partial charge in [-0.15, -0.1) is 0 Å². The molecule has 75 valence electrons. The third kappa shape index (κ3) is 3.87. The van der Waals surface area contributed by atoms with Crippen LogP contribution in [0.15, 0.2) is 0 Å². The van der Waals surface area contributed by atoms with Gasteiger partial charge in [0.05, 0.1) is 6.26 Å². The fourth-order valence-corrected chi connectivity index (χ4v) is 2.47. The lowest BCUT2D eigenvalue weighted by Gasteiger charge is -2.24. The summed E-state index contributed by atoms with van der Waals surface area (Å²) in [7, 11) is -3.10. The first kappa shape index (κ1) is 10.7. The number of rotatable bonds is 3. The topological polar surface area (TPSA) is 63.2 Å². The second kappa shape index (κ2) is 4.19. The average Bonchev–Trinajstić information content (AvgIpc) is 2.03. The summed E-state index contributed by atoms with van der Waals surface area (Å²) in [6, 6.07) is 0.0135. The van der Waals surface area contributed by atoms with Crippen LogP contribution < -0.4 is 4.72 Å². The molecule has 0 aromatic heterocycles. The molecule has 4 nitrogen and oxygen atoms in total. The van der Waals surface area contributed by atoms with Crippen molar-refractivity contribution in [3.63, 3.8) is 0 Å². The minimum Gasteiger partial charge on any atom is -0.291 e. The van der Waals surface area contributed by atoms with E-state index in [0.717, 1.165) is 31.9 Å². The first-order valence-corrected chi connectivity index (χ1v) is 6.25. The molecule has 0 spiro atoms. The SMILES string of the molecule is CS(=O)(=O)NC1CCC([C]=O)CC1. The molecule has 13 heavy (non-hydrogen) atoms. The molecule has 1 saturated carbocycles. The molecular formula is C8H14NO3S. The molecule has 0 atom stereocenters. The predicted octanol–water partition coefficient (Wildman–Crippen LogP) is 0.204. The van der Waals surface area contributed by atoms with E-state index in [-0.39, 0.29) is 12.0 Å². The predicted molar refractivity (Wildman–Crippen MR) is 49.4 cm³/mol. The second-order valence-corrected chi connectivity index (χ2v) is 5.34. The molecule has 1 aliphatic rings. The summed E-state index contributed by atoms with van der Waals surface area (Å²) in [4.78, 5) is 10.3. The lowest BCUT2D eigenvalue weighted by molar-refractivity contribution is 0.359. The molecule has 0 aromatic rings. The van der Waals surface area contributed by atoms with Gasteiger partial charge in [-0.25, -0.2) is 13.1 Å². The van der Waals surface area contributed by atoms with Crippen LogP contribution in [0.1, 0.15) is 25.7 Å². The van der Waals surface area contributed by atoms with Crippen molar-refractivity contribution in [2.24, 2.45) is 5.92 Å². The van der Waals surface area contributed by atoms with Gasteiger partial charge in [0.2, 0.25) is 16.3 Å². The minimum atomic E-state index is -3.10. The Balaban J connectivity index is 2.37. The Morgan fingerprint density at radius 1 is 1.23 bits per heavy atom. The molecule has 0 saturated heterocycles. The van der Waals surface area contributed by atoms with Crippen LogP contribution in [0.2, 0.25) is 0 Å². The summed E-state index contributed by atoms with van der Waals surface area (Å²) in [5, 5.41) is 0. The van der Waals surface area contributed by atoms with Gasteiger partial charge >= 0.3 is 0 Å². The van der Waals surface area contributed by atoms with Crippen molar-refractivity contribution in [2.75, 3.05) is 6.26 Å². The van der Waals surface area contributed by atoms with E-state index >= 15 is 0 Å². The Bertz CT molecular complexity index is 265. The van der Waals surface area contributed by atoms with Crippen molar-refractivity contribution in [3.05, 3.63) is 0 Å². The first-order valence-electron chi connectivity index (χ1n) is 4.36. The number of hydrogen-bond acceptors (Lipinski definition) is 3. The maximum Gasteiger partial charge on any atom is 0.208 e. The summed E-state index contributed by atoms with van der Waals surface area (Å²) < 4.78 is 24.3. The van der Waals surface area contributed by atoms with E-state index in [1.54, 1.807) is 0 Å². The quantitative estimate of drug-likeness (QED) is 0.714. The van der Waals surface area contributed by atoms with Gasteiger partial charge in [-0.1, -0.05) is 0 Å². The molecule has 5 heteroatoms. The smallest absolute Gasteiger partial charge is 0.208 e. The third-order valence-corrected chi connectivity index (χ3v) is 3.04. The highest BCUT2D eigenvalue weighted by Crippen LogP contribution is 2.22. The molecule has 1 radical (unpaired) electrons. The summed E-state index contributed by atoms with van der Waals surface area (Å²) >= 11 is 0. The molecule has 0 bridgehead atoms. The van der Waals surface area contributed by atoms with E-state index in [4.69, 9.17) is 0 Å². The Hall–Kier alpha value is -0.420. The summed E-state index contributed by atoms with van der Waals surface area (Å²) in [5.41, 5.74) is 0. The van der Waals surface area contributed by atoms with Crippen molar-refractivity contribution < 1.29 is 13.2 Å². The van der Waals surface area contributed by atoms with Gasteiger partial charge in [-0.3, -0.25) is 4.79 Å². The zero-order valence-electron chi connectivity index (χ0n) is 7.62. The zero-order valence-corrected chi connectivity index (χ0v) is 8.43. The van der Waals surface area contributed by atoms with Gasteiger partial charge in [-0.05, 0) is 25.7 Å². The second-order valence-electron chi connectivity index (χ2n) is 3.56. The zero-order chi connectivity index (χ0) is 9.90. The first-order chi connectivity index (χ1) is 6.01. The normalized spacial score (nSPS) is 29.9. The molecule has 1 rings (SSSR count). The van der Waals surface area contributed by atoms with Crippen LogP contribution in [0.3, 0.4) is 0 Å². The highest BCUT2D eigenvalue weighted by Gasteiger charge is 2.22. The largest absolute Gasteiger partial charge is 0.291 e. The molecule has 1 N–H and O–H groups in total. The molecule has 0 amide bonds. The average molecular weight is 204 g/mol. The Morgan fingerprint density at radius 2 is 1.77 bits per heavy atom. The van der Waals surface area contributed by atoms with Gasteiger partial charge in [0.25, 0.3) is 0 Å². The monoisotopic (exact) mass is 204 g/mol. The summed E-state index contributed by atoms with van der Waals surface area (Å²) in [6.07, 6.45) is 6.10. The Morgan fingerprint density at radius 3 is 2.15 bits per heavy atom. The van der Waals surface area contributed by atoms with E-state index in [0.29, 0.717) is 0 Å². The fourth-order valence-electron chi connectivity index (χ4n) is 1.63. The van der Waals surface area contributed by atoms with Crippen LogP contribution in [-0.4, -0.2) is 27.0 Å². The lowest BCUT2D eigenvalue weighted by Crippen LogP contribution is -2.37. The van der Waals surface area contributed by atoms with Gasteiger partial charge < -0.3 is 0 Å². The molecule has 0 aliphatic heterocycles. The highest BCUT2D eigenvalue weighted by atomic mass is 32.2. The van der Waals surface area contributed by atoms with E-state index in [2.05, 4.69) is 4.72 Å². The number of carbonyl (C=O) groups excluding carboxylic acids is 1. The maximum absolute atomic E-state index is 10.9. The molecule has 0 heterocycles. The summed E-state index contributed by atoms with van der Waals surface area (Å²) in [5.74, 6) is 0.0117. The maximum atomic E-state index is 10.9. The van der Waals surface area contributed by atoms with Crippen molar-refractivity contribution >= 4 is 16.3 Å². The minimum absolute atomic E-state index is 0.0117. The van der Waals surface area contributed by atoms with Crippen molar-refractivity contribution in [2.45, 2.75) is 31.7 Å². The van der Waals surface area contributed by atoms with Crippen LogP contribution in [-0.2, 0) is 14.8 Å². The van der Waals surface area contributed by atoms with E-state index in [1.807, 2.05) is 6.29 Å². The van der Waals surface area contributed by atoms with Crippen molar-refractivity contribution in [1.82, 2.24) is 4.72 Å². The number of nitrogens with one attached hydrogen (secondary N) is 1. The molecule has 1 fully saturated rings. The van der Waals surface area contributed by atoms with Crippen LogP contribution in [0.5, 0.6) is 0 Å².